The summed E-state index contributed by atoms with van der Waals surface area (Å²) in [6, 6.07) is 6.07. The Balaban J connectivity index is 2.35. The van der Waals surface area contributed by atoms with Crippen LogP contribution in [-0.2, 0) is 6.18 Å². The largest absolute Gasteiger partial charge is 0.453 e. The van der Waals surface area contributed by atoms with Crippen LogP contribution in [-0.4, -0.2) is 4.98 Å². The number of aromatic nitrogens is 1. The zero-order valence-electron chi connectivity index (χ0n) is 11.0. The highest BCUT2D eigenvalue weighted by Gasteiger charge is 2.32. The zero-order valence-corrected chi connectivity index (χ0v) is 11.0. The molecule has 3 nitrogen and oxygen atoms in total. The monoisotopic (exact) mass is 282 g/mol. The molecule has 0 unspecified atom stereocenters. The standard InChI is InChI=1S/C14H13F3N2O/c1-8-3-4-11(5-9(8)2)20-12-6-10(14(15,16)17)7-19-13(12)18/h3-7H,1-2H3,(H2,18,19). The fraction of sp³-hybridized carbons (Fsp3) is 0.214. The lowest BCUT2D eigenvalue weighted by atomic mass is 10.1. The van der Waals surface area contributed by atoms with Crippen molar-refractivity contribution in [3.8, 4) is 11.5 Å². The van der Waals surface area contributed by atoms with Gasteiger partial charge in [0.25, 0.3) is 0 Å². The number of anilines is 1. The van der Waals surface area contributed by atoms with E-state index < -0.39 is 11.7 Å². The van der Waals surface area contributed by atoms with E-state index in [0.717, 1.165) is 17.2 Å². The van der Waals surface area contributed by atoms with Crippen LogP contribution in [0.1, 0.15) is 16.7 Å². The van der Waals surface area contributed by atoms with Crippen molar-refractivity contribution in [2.24, 2.45) is 0 Å². The molecule has 20 heavy (non-hydrogen) atoms. The lowest BCUT2D eigenvalue weighted by molar-refractivity contribution is -0.137. The van der Waals surface area contributed by atoms with Crippen molar-refractivity contribution in [2.75, 3.05) is 5.73 Å². The third-order valence-electron chi connectivity index (χ3n) is 2.92. The molecule has 0 atom stereocenters. The third-order valence-corrected chi connectivity index (χ3v) is 2.92. The number of nitrogens with zero attached hydrogens (tertiary/aromatic N) is 1. The molecule has 0 radical (unpaired) electrons. The first-order chi connectivity index (χ1) is 9.27. The second kappa shape index (κ2) is 5.03. The molecule has 0 aliphatic rings. The van der Waals surface area contributed by atoms with E-state index in [1.165, 1.54) is 0 Å². The average molecular weight is 282 g/mol. The summed E-state index contributed by atoms with van der Waals surface area (Å²) < 4.78 is 43.3. The summed E-state index contributed by atoms with van der Waals surface area (Å²) in [4.78, 5) is 3.51. The quantitative estimate of drug-likeness (QED) is 0.902. The second-order valence-corrected chi connectivity index (χ2v) is 4.45. The molecule has 2 N–H and O–H groups in total. The Morgan fingerprint density at radius 3 is 2.40 bits per heavy atom. The Hall–Kier alpha value is -2.24. The van der Waals surface area contributed by atoms with Gasteiger partial charge in [-0.2, -0.15) is 13.2 Å². The number of rotatable bonds is 2. The van der Waals surface area contributed by atoms with Crippen molar-refractivity contribution in [3.63, 3.8) is 0 Å². The van der Waals surface area contributed by atoms with Crippen LogP contribution in [0.3, 0.4) is 0 Å². The smallest absolute Gasteiger partial charge is 0.418 e. The summed E-state index contributed by atoms with van der Waals surface area (Å²) in [5, 5.41) is 0. The minimum absolute atomic E-state index is 0.0868. The van der Waals surface area contributed by atoms with E-state index in [1.54, 1.807) is 12.1 Å². The summed E-state index contributed by atoms with van der Waals surface area (Å²) in [6.07, 6.45) is -3.80. The number of nitrogen functional groups attached to an aromatic ring is 1. The highest BCUT2D eigenvalue weighted by Crippen LogP contribution is 2.34. The molecule has 6 heteroatoms. The van der Waals surface area contributed by atoms with Gasteiger partial charge in [-0.15, -0.1) is 0 Å². The number of aryl methyl sites for hydroxylation is 2. The molecule has 0 spiro atoms. The van der Waals surface area contributed by atoms with Crippen LogP contribution in [0.2, 0.25) is 0 Å². The normalized spacial score (nSPS) is 11.4. The van der Waals surface area contributed by atoms with Crippen LogP contribution in [0.5, 0.6) is 11.5 Å². The summed E-state index contributed by atoms with van der Waals surface area (Å²) in [5.41, 5.74) is 6.68. The van der Waals surface area contributed by atoms with Gasteiger partial charge in [0.05, 0.1) is 5.56 Å². The molecule has 2 aromatic rings. The molecule has 0 saturated carbocycles. The SMILES string of the molecule is Cc1ccc(Oc2cc(C(F)(F)F)cnc2N)cc1C. The van der Waals surface area contributed by atoms with Crippen LogP contribution in [0, 0.1) is 13.8 Å². The number of halogens is 3. The van der Waals surface area contributed by atoms with Crippen LogP contribution in [0.15, 0.2) is 30.5 Å². The van der Waals surface area contributed by atoms with Gasteiger partial charge < -0.3 is 10.5 Å². The molecule has 0 amide bonds. The summed E-state index contributed by atoms with van der Waals surface area (Å²) in [5.74, 6) is 0.222. The average Bonchev–Trinajstić information content (AvgIpc) is 2.35. The first-order valence-electron chi connectivity index (χ1n) is 5.85. The minimum atomic E-state index is -4.48. The number of benzene rings is 1. The van der Waals surface area contributed by atoms with Gasteiger partial charge in [0.15, 0.2) is 11.6 Å². The molecule has 106 valence electrons. The Labute approximate surface area is 114 Å². The van der Waals surface area contributed by atoms with Gasteiger partial charge in [0.1, 0.15) is 5.75 Å². The second-order valence-electron chi connectivity index (χ2n) is 4.45. The topological polar surface area (TPSA) is 48.1 Å². The van der Waals surface area contributed by atoms with Crippen molar-refractivity contribution in [2.45, 2.75) is 20.0 Å². The van der Waals surface area contributed by atoms with E-state index in [0.29, 0.717) is 11.9 Å². The van der Waals surface area contributed by atoms with Crippen LogP contribution >= 0.6 is 0 Å². The summed E-state index contributed by atoms with van der Waals surface area (Å²) >= 11 is 0. The fourth-order valence-corrected chi connectivity index (χ4v) is 1.60. The minimum Gasteiger partial charge on any atom is -0.453 e. The van der Waals surface area contributed by atoms with Crippen LogP contribution in [0.4, 0.5) is 19.0 Å². The maximum Gasteiger partial charge on any atom is 0.418 e. The third kappa shape index (κ3) is 3.01. The number of pyridine rings is 1. The molecule has 1 aromatic heterocycles. The van der Waals surface area contributed by atoms with E-state index in [2.05, 4.69) is 4.98 Å². The predicted octanol–water partition coefficient (Wildman–Crippen LogP) is 4.09. The molecular weight excluding hydrogens is 269 g/mol. The van der Waals surface area contributed by atoms with E-state index in [4.69, 9.17) is 10.5 Å². The molecule has 2 rings (SSSR count). The highest BCUT2D eigenvalue weighted by molar-refractivity contribution is 5.50. The van der Waals surface area contributed by atoms with Crippen LogP contribution in [0.25, 0.3) is 0 Å². The zero-order chi connectivity index (χ0) is 14.9. The lowest BCUT2D eigenvalue weighted by Gasteiger charge is -2.12. The van der Waals surface area contributed by atoms with E-state index in [-0.39, 0.29) is 11.6 Å². The number of hydrogen-bond donors (Lipinski definition) is 1. The molecule has 0 saturated heterocycles. The van der Waals surface area contributed by atoms with Crippen molar-refractivity contribution >= 4 is 5.82 Å². The predicted molar refractivity (Wildman–Crippen MR) is 69.6 cm³/mol. The molecule has 0 fully saturated rings. The number of ether oxygens (including phenoxy) is 1. The Kier molecular flexibility index (Phi) is 3.57. The Bertz CT molecular complexity index is 639. The van der Waals surface area contributed by atoms with Crippen molar-refractivity contribution in [3.05, 3.63) is 47.2 Å². The van der Waals surface area contributed by atoms with Gasteiger partial charge in [-0.25, -0.2) is 4.98 Å². The van der Waals surface area contributed by atoms with Gasteiger partial charge in [-0.05, 0) is 43.2 Å². The first-order valence-corrected chi connectivity index (χ1v) is 5.85. The van der Waals surface area contributed by atoms with Crippen molar-refractivity contribution in [1.82, 2.24) is 4.98 Å². The van der Waals surface area contributed by atoms with Gasteiger partial charge in [-0.1, -0.05) is 6.07 Å². The lowest BCUT2D eigenvalue weighted by Crippen LogP contribution is -2.07. The Morgan fingerprint density at radius 1 is 1.10 bits per heavy atom. The Morgan fingerprint density at radius 2 is 1.80 bits per heavy atom. The first kappa shape index (κ1) is 14.2. The summed E-state index contributed by atoms with van der Waals surface area (Å²) in [6.45, 7) is 3.81. The van der Waals surface area contributed by atoms with Gasteiger partial charge in [-0.3, -0.25) is 0 Å². The number of nitrogens with two attached hydrogens (primary N) is 1. The maximum atomic E-state index is 12.6. The highest BCUT2D eigenvalue weighted by atomic mass is 19.4. The van der Waals surface area contributed by atoms with E-state index >= 15 is 0 Å². The fourth-order valence-electron chi connectivity index (χ4n) is 1.60. The van der Waals surface area contributed by atoms with Gasteiger partial charge >= 0.3 is 6.18 Å². The molecule has 1 aromatic carbocycles. The molecule has 0 bridgehead atoms. The van der Waals surface area contributed by atoms with E-state index in [1.807, 2.05) is 19.9 Å². The maximum absolute atomic E-state index is 12.6. The molecular formula is C14H13F3N2O. The summed E-state index contributed by atoms with van der Waals surface area (Å²) in [7, 11) is 0. The van der Waals surface area contributed by atoms with Crippen molar-refractivity contribution in [1.29, 1.82) is 0 Å². The molecule has 1 heterocycles. The number of alkyl halides is 3. The van der Waals surface area contributed by atoms with Gasteiger partial charge in [0, 0.05) is 6.20 Å². The van der Waals surface area contributed by atoms with Gasteiger partial charge in [0.2, 0.25) is 0 Å². The molecule has 0 aliphatic heterocycles. The molecule has 0 aliphatic carbocycles. The van der Waals surface area contributed by atoms with E-state index in [9.17, 15) is 13.2 Å². The number of hydrogen-bond acceptors (Lipinski definition) is 3. The van der Waals surface area contributed by atoms with Crippen molar-refractivity contribution < 1.29 is 17.9 Å². The van der Waals surface area contributed by atoms with Crippen LogP contribution < -0.4 is 10.5 Å².